The summed E-state index contributed by atoms with van der Waals surface area (Å²) in [5.74, 6) is 0.913. The number of halogens is 3. The van der Waals surface area contributed by atoms with E-state index in [1.807, 2.05) is 12.1 Å². The molecule has 0 aliphatic heterocycles. The Morgan fingerprint density at radius 1 is 1.33 bits per heavy atom. The summed E-state index contributed by atoms with van der Waals surface area (Å²) in [6.07, 6.45) is 0. The van der Waals surface area contributed by atoms with Crippen molar-refractivity contribution in [1.29, 1.82) is 0 Å². The first-order valence-corrected chi connectivity index (χ1v) is 7.55. The summed E-state index contributed by atoms with van der Waals surface area (Å²) < 4.78 is 7.44. The lowest BCUT2D eigenvalue weighted by Crippen LogP contribution is -1.85. The first kappa shape index (κ1) is 11.9. The first-order valence-electron chi connectivity index (χ1n) is 4.23. The first-order chi connectivity index (χ1) is 7.08. The number of thiophene rings is 1. The quantitative estimate of drug-likeness (QED) is 0.578. The van der Waals surface area contributed by atoms with Gasteiger partial charge in [-0.15, -0.1) is 11.3 Å². The van der Waals surface area contributed by atoms with Gasteiger partial charge in [0.2, 0.25) is 0 Å². The maximum absolute atomic E-state index is 5.51. The van der Waals surface area contributed by atoms with E-state index in [0.29, 0.717) is 0 Å². The average molecular weight is 415 g/mol. The van der Waals surface area contributed by atoms with Gasteiger partial charge in [0.15, 0.2) is 4.67 Å². The Hall–Kier alpha value is 0.420. The van der Waals surface area contributed by atoms with Crippen molar-refractivity contribution in [3.63, 3.8) is 0 Å². The average Bonchev–Trinajstić information content (AvgIpc) is 2.74. The summed E-state index contributed by atoms with van der Waals surface area (Å²) in [5, 5.41) is 0. The van der Waals surface area contributed by atoms with E-state index in [2.05, 4.69) is 60.8 Å². The fourth-order valence-corrected chi connectivity index (χ4v) is 3.75. The number of furan rings is 1. The van der Waals surface area contributed by atoms with Gasteiger partial charge in [-0.1, -0.05) is 15.9 Å². The van der Waals surface area contributed by atoms with Gasteiger partial charge in [0.25, 0.3) is 0 Å². The van der Waals surface area contributed by atoms with E-state index in [4.69, 9.17) is 4.42 Å². The van der Waals surface area contributed by atoms with Gasteiger partial charge in [0, 0.05) is 4.88 Å². The van der Waals surface area contributed by atoms with Crippen LogP contribution in [-0.4, -0.2) is 0 Å². The van der Waals surface area contributed by atoms with E-state index >= 15 is 0 Å². The van der Waals surface area contributed by atoms with Crippen molar-refractivity contribution in [2.24, 2.45) is 0 Å². The molecule has 0 saturated carbocycles. The fraction of sp³-hybridized carbons (Fsp3) is 0.200. The molecule has 0 bridgehead atoms. The lowest BCUT2D eigenvalue weighted by molar-refractivity contribution is 0.498. The van der Waals surface area contributed by atoms with Crippen molar-refractivity contribution in [2.45, 2.75) is 11.8 Å². The standard InChI is InChI=1S/C10H7Br3OS/c1-5-4-7(15-10(5)13)9(12)6-2-3-8(11)14-6/h2-4,9H,1H3. The van der Waals surface area contributed by atoms with E-state index in [1.165, 1.54) is 14.2 Å². The summed E-state index contributed by atoms with van der Waals surface area (Å²) in [7, 11) is 0. The predicted molar refractivity (Wildman–Crippen MR) is 73.9 cm³/mol. The lowest BCUT2D eigenvalue weighted by atomic mass is 10.2. The van der Waals surface area contributed by atoms with Gasteiger partial charge in [-0.2, -0.15) is 0 Å². The minimum atomic E-state index is 0.124. The second-order valence-electron chi connectivity index (χ2n) is 3.11. The maximum Gasteiger partial charge on any atom is 0.169 e. The molecular formula is C10H7Br3OS. The Bertz CT molecular complexity index is 455. The van der Waals surface area contributed by atoms with Crippen LogP contribution in [0.2, 0.25) is 0 Å². The van der Waals surface area contributed by atoms with E-state index in [1.54, 1.807) is 11.3 Å². The molecule has 0 fully saturated rings. The molecule has 80 valence electrons. The highest BCUT2D eigenvalue weighted by Crippen LogP contribution is 2.39. The van der Waals surface area contributed by atoms with Crippen LogP contribution in [0.1, 0.15) is 21.0 Å². The molecule has 2 rings (SSSR count). The van der Waals surface area contributed by atoms with E-state index < -0.39 is 0 Å². The summed E-state index contributed by atoms with van der Waals surface area (Å²) in [6.45, 7) is 2.09. The largest absolute Gasteiger partial charge is 0.453 e. The van der Waals surface area contributed by atoms with Crippen LogP contribution in [0.25, 0.3) is 0 Å². The minimum absolute atomic E-state index is 0.124. The number of hydrogen-bond acceptors (Lipinski definition) is 2. The van der Waals surface area contributed by atoms with Crippen LogP contribution < -0.4 is 0 Å². The van der Waals surface area contributed by atoms with Gasteiger partial charge < -0.3 is 4.42 Å². The second kappa shape index (κ2) is 4.73. The Morgan fingerprint density at radius 3 is 2.53 bits per heavy atom. The zero-order valence-corrected chi connectivity index (χ0v) is 13.3. The number of rotatable bonds is 2. The smallest absolute Gasteiger partial charge is 0.169 e. The predicted octanol–water partition coefficient (Wildman–Crippen LogP) is 5.66. The van der Waals surface area contributed by atoms with Crippen LogP contribution >= 0.6 is 59.1 Å². The molecule has 0 aromatic carbocycles. The molecule has 0 aliphatic carbocycles. The van der Waals surface area contributed by atoms with Gasteiger partial charge in [-0.25, -0.2) is 0 Å². The normalized spacial score (nSPS) is 13.1. The van der Waals surface area contributed by atoms with Crippen LogP contribution in [0.4, 0.5) is 0 Å². The van der Waals surface area contributed by atoms with Crippen molar-refractivity contribution in [1.82, 2.24) is 0 Å². The van der Waals surface area contributed by atoms with Crippen LogP contribution in [0, 0.1) is 6.92 Å². The third kappa shape index (κ3) is 2.57. The van der Waals surface area contributed by atoms with E-state index in [9.17, 15) is 0 Å². The van der Waals surface area contributed by atoms with Gasteiger partial charge >= 0.3 is 0 Å². The Morgan fingerprint density at radius 2 is 2.07 bits per heavy atom. The van der Waals surface area contributed by atoms with Gasteiger partial charge in [-0.05, 0) is 62.5 Å². The molecule has 0 spiro atoms. The summed E-state index contributed by atoms with van der Waals surface area (Å²) in [5.41, 5.74) is 1.25. The molecule has 2 aromatic heterocycles. The molecule has 0 N–H and O–H groups in total. The highest BCUT2D eigenvalue weighted by molar-refractivity contribution is 9.11. The van der Waals surface area contributed by atoms with Gasteiger partial charge in [-0.3, -0.25) is 0 Å². The van der Waals surface area contributed by atoms with Crippen molar-refractivity contribution in [2.75, 3.05) is 0 Å². The van der Waals surface area contributed by atoms with Crippen molar-refractivity contribution in [3.8, 4) is 0 Å². The van der Waals surface area contributed by atoms with Crippen LogP contribution in [0.15, 0.2) is 31.1 Å². The summed E-state index contributed by atoms with van der Waals surface area (Å²) >= 11 is 12.2. The topological polar surface area (TPSA) is 13.1 Å². The van der Waals surface area contributed by atoms with E-state index in [-0.39, 0.29) is 4.83 Å². The van der Waals surface area contributed by atoms with Crippen molar-refractivity contribution < 1.29 is 4.42 Å². The highest BCUT2D eigenvalue weighted by atomic mass is 79.9. The van der Waals surface area contributed by atoms with Crippen LogP contribution in [0.5, 0.6) is 0 Å². The Labute approximate surface area is 117 Å². The lowest BCUT2D eigenvalue weighted by Gasteiger charge is -2.02. The summed E-state index contributed by atoms with van der Waals surface area (Å²) in [4.78, 5) is 1.36. The maximum atomic E-state index is 5.51. The van der Waals surface area contributed by atoms with Gasteiger partial charge in [0.1, 0.15) is 10.6 Å². The molecule has 0 radical (unpaired) electrons. The molecule has 1 unspecified atom stereocenters. The summed E-state index contributed by atoms with van der Waals surface area (Å²) in [6, 6.07) is 6.02. The molecule has 15 heavy (non-hydrogen) atoms. The number of alkyl halides is 1. The third-order valence-corrected chi connectivity index (χ3v) is 5.85. The van der Waals surface area contributed by atoms with Crippen molar-refractivity contribution in [3.05, 3.63) is 42.9 Å². The second-order valence-corrected chi connectivity index (χ2v) is 7.21. The molecule has 0 aliphatic rings. The molecule has 2 heterocycles. The zero-order chi connectivity index (χ0) is 11.0. The minimum Gasteiger partial charge on any atom is -0.453 e. The molecular weight excluding hydrogens is 408 g/mol. The van der Waals surface area contributed by atoms with Crippen LogP contribution in [-0.2, 0) is 0 Å². The number of hydrogen-bond donors (Lipinski definition) is 0. The molecule has 1 nitrogen and oxygen atoms in total. The third-order valence-electron chi connectivity index (χ3n) is 1.97. The molecule has 0 saturated heterocycles. The Kier molecular flexibility index (Phi) is 3.75. The Balaban J connectivity index is 2.31. The van der Waals surface area contributed by atoms with E-state index in [0.717, 1.165) is 10.4 Å². The number of aryl methyl sites for hydroxylation is 1. The fourth-order valence-electron chi connectivity index (χ4n) is 1.21. The van der Waals surface area contributed by atoms with Crippen LogP contribution in [0.3, 0.4) is 0 Å². The zero-order valence-electron chi connectivity index (χ0n) is 7.76. The molecule has 5 heteroatoms. The molecule has 2 aromatic rings. The van der Waals surface area contributed by atoms with Gasteiger partial charge in [0.05, 0.1) is 3.79 Å². The molecule has 1 atom stereocenters. The highest BCUT2D eigenvalue weighted by Gasteiger charge is 2.17. The molecule has 0 amide bonds. The SMILES string of the molecule is Cc1cc(C(Br)c2ccc(Br)o2)sc1Br. The van der Waals surface area contributed by atoms with Crippen molar-refractivity contribution >= 4 is 59.1 Å². The monoisotopic (exact) mass is 412 g/mol.